The van der Waals surface area contributed by atoms with E-state index in [1.54, 1.807) is 0 Å². The van der Waals surface area contributed by atoms with Crippen LogP contribution in [0.4, 0.5) is 4.79 Å². The zero-order chi connectivity index (χ0) is 26.8. The van der Waals surface area contributed by atoms with Gasteiger partial charge in [-0.25, -0.2) is 4.79 Å². The van der Waals surface area contributed by atoms with Crippen LogP contribution in [0.2, 0.25) is 0 Å². The second kappa shape index (κ2) is 13.4. The van der Waals surface area contributed by atoms with Crippen LogP contribution in [-0.4, -0.2) is 36.0 Å². The van der Waals surface area contributed by atoms with E-state index in [0.717, 1.165) is 16.7 Å². The van der Waals surface area contributed by atoms with Crippen LogP contribution < -0.4 is 5.32 Å². The maximum atomic E-state index is 12.7. The first-order valence-electron chi connectivity index (χ1n) is 13.0. The molecular weight excluding hydrogens is 478 g/mol. The van der Waals surface area contributed by atoms with E-state index in [9.17, 15) is 4.79 Å². The standard InChI is InChI=1S/C32H37NO5/c1-32(2,3)38-31(34)33-27-19-20-28(35-21-24-13-7-4-8-14-24)30(37-23-26-17-11-6-12-18-26)29(27)36-22-25-15-9-5-10-16-25/h4-20,27-30H,21-23H2,1-3H3,(H,33,34)/t27-,28-,29+,30+/m1/s1. The predicted octanol–water partition coefficient (Wildman–Crippen LogP) is 6.21. The molecule has 0 saturated carbocycles. The van der Waals surface area contributed by atoms with Crippen LogP contribution >= 0.6 is 0 Å². The van der Waals surface area contributed by atoms with Gasteiger partial charge in [-0.15, -0.1) is 0 Å². The Balaban J connectivity index is 1.57. The zero-order valence-electron chi connectivity index (χ0n) is 22.3. The molecule has 6 heteroatoms. The average Bonchev–Trinajstić information content (AvgIpc) is 2.91. The molecule has 0 fully saturated rings. The van der Waals surface area contributed by atoms with Crippen molar-refractivity contribution in [3.8, 4) is 0 Å². The molecule has 0 heterocycles. The summed E-state index contributed by atoms with van der Waals surface area (Å²) in [5.74, 6) is 0. The fourth-order valence-corrected chi connectivity index (χ4v) is 4.25. The first kappa shape index (κ1) is 27.6. The Bertz CT molecular complexity index is 1140. The number of alkyl carbamates (subject to hydrolysis) is 1. The molecule has 200 valence electrons. The zero-order valence-corrected chi connectivity index (χ0v) is 22.3. The molecule has 38 heavy (non-hydrogen) atoms. The number of nitrogens with one attached hydrogen (secondary N) is 1. The molecule has 0 bridgehead atoms. The van der Waals surface area contributed by atoms with Crippen molar-refractivity contribution < 1.29 is 23.7 Å². The summed E-state index contributed by atoms with van der Waals surface area (Å²) in [5, 5.41) is 2.98. The molecule has 1 aliphatic carbocycles. The van der Waals surface area contributed by atoms with Gasteiger partial charge in [0.25, 0.3) is 0 Å². The number of hydrogen-bond acceptors (Lipinski definition) is 5. The summed E-state index contributed by atoms with van der Waals surface area (Å²) in [6.07, 6.45) is 1.98. The molecule has 3 aromatic carbocycles. The molecular formula is C32H37NO5. The number of ether oxygens (including phenoxy) is 4. The highest BCUT2D eigenvalue weighted by Gasteiger charge is 2.40. The van der Waals surface area contributed by atoms with Crippen molar-refractivity contribution in [2.75, 3.05) is 0 Å². The average molecular weight is 516 g/mol. The van der Waals surface area contributed by atoms with Gasteiger partial charge in [-0.1, -0.05) is 103 Å². The van der Waals surface area contributed by atoms with E-state index >= 15 is 0 Å². The summed E-state index contributed by atoms with van der Waals surface area (Å²) >= 11 is 0. The highest BCUT2D eigenvalue weighted by atomic mass is 16.6. The molecule has 6 nitrogen and oxygen atoms in total. The largest absolute Gasteiger partial charge is 0.444 e. The van der Waals surface area contributed by atoms with Crippen LogP contribution in [0.25, 0.3) is 0 Å². The lowest BCUT2D eigenvalue weighted by Crippen LogP contribution is -2.56. The molecule has 4 atom stereocenters. The second-order valence-electron chi connectivity index (χ2n) is 10.3. The smallest absolute Gasteiger partial charge is 0.408 e. The van der Waals surface area contributed by atoms with Crippen LogP contribution in [0.3, 0.4) is 0 Å². The molecule has 0 aromatic heterocycles. The Morgan fingerprint density at radius 2 is 1.11 bits per heavy atom. The normalized spacial score (nSPS) is 21.1. The number of benzene rings is 3. The summed E-state index contributed by atoms with van der Waals surface area (Å²) < 4.78 is 24.8. The van der Waals surface area contributed by atoms with Crippen molar-refractivity contribution in [3.63, 3.8) is 0 Å². The fraction of sp³-hybridized carbons (Fsp3) is 0.344. The van der Waals surface area contributed by atoms with E-state index in [0.29, 0.717) is 19.8 Å². The van der Waals surface area contributed by atoms with Gasteiger partial charge in [0.1, 0.15) is 23.9 Å². The topological polar surface area (TPSA) is 66.0 Å². The molecule has 4 rings (SSSR count). The molecule has 1 amide bonds. The second-order valence-corrected chi connectivity index (χ2v) is 10.3. The SMILES string of the molecule is CC(C)(C)OC(=O)N[C@@H]1C=C[C@@H](OCc2ccccc2)[C@H](OCc2ccccc2)[C@H]1OCc1ccccc1. The number of carbonyl (C=O) groups is 1. The minimum atomic E-state index is -0.618. The molecule has 1 aliphatic rings. The van der Waals surface area contributed by atoms with Crippen molar-refractivity contribution >= 4 is 6.09 Å². The Kier molecular flexibility index (Phi) is 9.71. The van der Waals surface area contributed by atoms with E-state index in [4.69, 9.17) is 18.9 Å². The molecule has 0 saturated heterocycles. The van der Waals surface area contributed by atoms with Crippen molar-refractivity contribution in [2.24, 2.45) is 0 Å². The van der Waals surface area contributed by atoms with Crippen LogP contribution in [-0.2, 0) is 38.8 Å². The predicted molar refractivity (Wildman–Crippen MR) is 147 cm³/mol. The highest BCUT2D eigenvalue weighted by molar-refractivity contribution is 5.68. The van der Waals surface area contributed by atoms with Gasteiger partial charge in [0.15, 0.2) is 0 Å². The molecule has 0 spiro atoms. The Hall–Kier alpha value is -3.45. The lowest BCUT2D eigenvalue weighted by atomic mass is 9.93. The van der Waals surface area contributed by atoms with Gasteiger partial charge >= 0.3 is 6.09 Å². The summed E-state index contributed by atoms with van der Waals surface area (Å²) in [6, 6.07) is 29.5. The van der Waals surface area contributed by atoms with Crippen molar-refractivity contribution in [3.05, 3.63) is 120 Å². The summed E-state index contributed by atoms with van der Waals surface area (Å²) in [7, 11) is 0. The van der Waals surface area contributed by atoms with Crippen LogP contribution in [0.15, 0.2) is 103 Å². The lowest BCUT2D eigenvalue weighted by Gasteiger charge is -2.39. The van der Waals surface area contributed by atoms with Crippen LogP contribution in [0.1, 0.15) is 37.5 Å². The van der Waals surface area contributed by atoms with Gasteiger partial charge in [0.2, 0.25) is 0 Å². The van der Waals surface area contributed by atoms with Gasteiger partial charge in [0, 0.05) is 0 Å². The quantitative estimate of drug-likeness (QED) is 0.326. The summed E-state index contributed by atoms with van der Waals surface area (Å²) in [4.78, 5) is 12.7. The fourth-order valence-electron chi connectivity index (χ4n) is 4.25. The number of amides is 1. The molecule has 3 aromatic rings. The van der Waals surface area contributed by atoms with Gasteiger partial charge < -0.3 is 24.3 Å². The number of hydrogen-bond donors (Lipinski definition) is 1. The Morgan fingerprint density at radius 1 is 0.658 bits per heavy atom. The first-order chi connectivity index (χ1) is 18.4. The minimum Gasteiger partial charge on any atom is -0.444 e. The third-order valence-corrected chi connectivity index (χ3v) is 6.05. The summed E-state index contributed by atoms with van der Waals surface area (Å²) in [6.45, 7) is 6.69. The maximum absolute atomic E-state index is 12.7. The third kappa shape index (κ3) is 8.55. The minimum absolute atomic E-state index is 0.364. The molecule has 1 N–H and O–H groups in total. The number of rotatable bonds is 10. The van der Waals surface area contributed by atoms with Crippen LogP contribution in [0, 0.1) is 0 Å². The van der Waals surface area contributed by atoms with E-state index in [1.165, 1.54) is 0 Å². The molecule has 0 unspecified atom stereocenters. The van der Waals surface area contributed by atoms with Crippen molar-refractivity contribution in [1.82, 2.24) is 5.32 Å². The summed E-state index contributed by atoms with van der Waals surface area (Å²) in [5.41, 5.74) is 2.52. The maximum Gasteiger partial charge on any atom is 0.408 e. The van der Waals surface area contributed by atoms with Gasteiger partial charge in [-0.3, -0.25) is 0 Å². The van der Waals surface area contributed by atoms with Gasteiger partial charge in [0.05, 0.1) is 25.9 Å². The monoisotopic (exact) mass is 515 g/mol. The van der Waals surface area contributed by atoms with E-state index in [1.807, 2.05) is 124 Å². The van der Waals surface area contributed by atoms with E-state index < -0.39 is 29.9 Å². The highest BCUT2D eigenvalue weighted by Crippen LogP contribution is 2.26. The van der Waals surface area contributed by atoms with Gasteiger partial charge in [-0.05, 0) is 37.5 Å². The van der Waals surface area contributed by atoms with Crippen molar-refractivity contribution in [2.45, 2.75) is 70.5 Å². The third-order valence-electron chi connectivity index (χ3n) is 6.05. The van der Waals surface area contributed by atoms with Gasteiger partial charge in [-0.2, -0.15) is 0 Å². The van der Waals surface area contributed by atoms with E-state index in [-0.39, 0.29) is 6.10 Å². The van der Waals surface area contributed by atoms with Crippen molar-refractivity contribution in [1.29, 1.82) is 0 Å². The lowest BCUT2D eigenvalue weighted by molar-refractivity contribution is -0.148. The van der Waals surface area contributed by atoms with E-state index in [2.05, 4.69) is 5.32 Å². The Morgan fingerprint density at radius 3 is 1.58 bits per heavy atom. The molecule has 0 aliphatic heterocycles. The molecule has 0 radical (unpaired) electrons. The number of carbonyl (C=O) groups excluding carboxylic acids is 1. The van der Waals surface area contributed by atoms with Crippen LogP contribution in [0.5, 0.6) is 0 Å². The Labute approximate surface area is 225 Å². The first-order valence-corrected chi connectivity index (χ1v) is 13.0.